The fraction of sp³-hybridized carbons (Fsp3) is 0.0769. The summed E-state index contributed by atoms with van der Waals surface area (Å²) in [5.41, 5.74) is 7.29. The summed E-state index contributed by atoms with van der Waals surface area (Å²) in [6.07, 6.45) is 1.65. The molecule has 0 aliphatic rings. The Morgan fingerprint density at radius 1 is 1.28 bits per heavy atom. The molecule has 2 aromatic rings. The van der Waals surface area contributed by atoms with Gasteiger partial charge in [0, 0.05) is 23.3 Å². The second kappa shape index (κ2) is 5.80. The third-order valence-corrected chi connectivity index (χ3v) is 3.07. The summed E-state index contributed by atoms with van der Waals surface area (Å²) >= 11 is 10.9. The molecular formula is C13H12ClN3S. The molecule has 0 saturated carbocycles. The molecule has 0 aliphatic heterocycles. The minimum Gasteiger partial charge on any atom is -0.389 e. The van der Waals surface area contributed by atoms with E-state index in [9.17, 15) is 0 Å². The Labute approximate surface area is 116 Å². The van der Waals surface area contributed by atoms with Crippen molar-refractivity contribution in [3.05, 3.63) is 58.7 Å². The normalized spacial score (nSPS) is 10.1. The average Bonchev–Trinajstić information content (AvgIpc) is 2.38. The van der Waals surface area contributed by atoms with Gasteiger partial charge in [0.05, 0.1) is 0 Å². The van der Waals surface area contributed by atoms with Crippen LogP contribution in [0.4, 0.5) is 5.82 Å². The summed E-state index contributed by atoms with van der Waals surface area (Å²) in [7, 11) is 0. The number of nitrogens with one attached hydrogen (secondary N) is 1. The van der Waals surface area contributed by atoms with E-state index in [-0.39, 0.29) is 0 Å². The minimum absolute atomic E-state index is 0.347. The van der Waals surface area contributed by atoms with Crippen LogP contribution in [-0.4, -0.2) is 9.97 Å². The Balaban J connectivity index is 2.02. The molecule has 0 aliphatic carbocycles. The maximum Gasteiger partial charge on any atom is 0.126 e. The Hall–Kier alpha value is -1.65. The third kappa shape index (κ3) is 3.18. The quantitative estimate of drug-likeness (QED) is 0.844. The zero-order valence-corrected chi connectivity index (χ0v) is 11.1. The molecule has 0 bridgehead atoms. The standard InChI is InChI=1S/C13H12ClN3S/c14-11-4-2-1-3-9(11)7-16-12-6-5-10(8-17-12)13(15)18/h1-6,8H,7H2,(H2,15,18)(H,16,17). The van der Waals surface area contributed by atoms with E-state index in [1.807, 2.05) is 36.4 Å². The molecule has 0 atom stereocenters. The van der Waals surface area contributed by atoms with Crippen molar-refractivity contribution in [2.24, 2.45) is 5.73 Å². The molecule has 0 saturated heterocycles. The summed E-state index contributed by atoms with van der Waals surface area (Å²) in [5.74, 6) is 0.759. The van der Waals surface area contributed by atoms with Crippen LogP contribution in [0.1, 0.15) is 11.1 Å². The summed E-state index contributed by atoms with van der Waals surface area (Å²) in [4.78, 5) is 4.57. The predicted octanol–water partition coefficient (Wildman–Crippen LogP) is 2.98. The van der Waals surface area contributed by atoms with Crippen LogP contribution in [0.5, 0.6) is 0 Å². The summed E-state index contributed by atoms with van der Waals surface area (Å²) < 4.78 is 0. The van der Waals surface area contributed by atoms with Crippen LogP contribution < -0.4 is 11.1 Å². The maximum atomic E-state index is 6.06. The van der Waals surface area contributed by atoms with E-state index in [1.54, 1.807) is 6.20 Å². The molecule has 18 heavy (non-hydrogen) atoms. The second-order valence-corrected chi connectivity index (χ2v) is 4.59. The maximum absolute atomic E-state index is 6.06. The van der Waals surface area contributed by atoms with Gasteiger partial charge in [-0.1, -0.05) is 42.0 Å². The molecule has 0 amide bonds. The number of hydrogen-bond acceptors (Lipinski definition) is 3. The molecule has 92 valence electrons. The molecular weight excluding hydrogens is 266 g/mol. The van der Waals surface area contributed by atoms with Crippen LogP contribution in [0, 0.1) is 0 Å². The van der Waals surface area contributed by atoms with Crippen molar-refractivity contribution in [2.45, 2.75) is 6.54 Å². The summed E-state index contributed by atoms with van der Waals surface area (Å²) in [6, 6.07) is 11.4. The largest absolute Gasteiger partial charge is 0.389 e. The molecule has 1 aromatic carbocycles. The highest BCUT2D eigenvalue weighted by molar-refractivity contribution is 7.80. The van der Waals surface area contributed by atoms with Gasteiger partial charge < -0.3 is 11.1 Å². The minimum atomic E-state index is 0.347. The van der Waals surface area contributed by atoms with Gasteiger partial charge in [0.25, 0.3) is 0 Å². The van der Waals surface area contributed by atoms with E-state index in [2.05, 4.69) is 10.3 Å². The number of aromatic nitrogens is 1. The number of benzene rings is 1. The van der Waals surface area contributed by atoms with Gasteiger partial charge in [-0.2, -0.15) is 0 Å². The van der Waals surface area contributed by atoms with E-state index >= 15 is 0 Å². The van der Waals surface area contributed by atoms with E-state index < -0.39 is 0 Å². The van der Waals surface area contributed by atoms with Crippen LogP contribution >= 0.6 is 23.8 Å². The van der Waals surface area contributed by atoms with Crippen molar-refractivity contribution < 1.29 is 0 Å². The number of thiocarbonyl (C=S) groups is 1. The van der Waals surface area contributed by atoms with Crippen LogP contribution in [0.2, 0.25) is 5.02 Å². The van der Waals surface area contributed by atoms with Gasteiger partial charge in [-0.15, -0.1) is 0 Å². The molecule has 1 aromatic heterocycles. The van der Waals surface area contributed by atoms with Gasteiger partial charge in [-0.25, -0.2) is 4.98 Å². The number of halogens is 1. The van der Waals surface area contributed by atoms with E-state index in [0.29, 0.717) is 11.5 Å². The van der Waals surface area contributed by atoms with Crippen molar-refractivity contribution in [1.29, 1.82) is 0 Å². The molecule has 0 unspecified atom stereocenters. The highest BCUT2D eigenvalue weighted by Gasteiger charge is 2.00. The summed E-state index contributed by atoms with van der Waals surface area (Å²) in [6.45, 7) is 0.624. The Morgan fingerprint density at radius 3 is 2.67 bits per heavy atom. The van der Waals surface area contributed by atoms with Crippen molar-refractivity contribution in [3.63, 3.8) is 0 Å². The molecule has 0 fully saturated rings. The number of nitrogens with two attached hydrogens (primary N) is 1. The van der Waals surface area contributed by atoms with Crippen LogP contribution in [0.15, 0.2) is 42.6 Å². The lowest BCUT2D eigenvalue weighted by Gasteiger charge is -2.07. The molecule has 2 rings (SSSR count). The predicted molar refractivity (Wildman–Crippen MR) is 78.9 cm³/mol. The highest BCUT2D eigenvalue weighted by Crippen LogP contribution is 2.16. The number of nitrogens with zero attached hydrogens (tertiary/aromatic N) is 1. The van der Waals surface area contributed by atoms with Crippen LogP contribution in [0.25, 0.3) is 0 Å². The Morgan fingerprint density at radius 2 is 2.06 bits per heavy atom. The van der Waals surface area contributed by atoms with Gasteiger partial charge >= 0.3 is 0 Å². The van der Waals surface area contributed by atoms with E-state index in [4.69, 9.17) is 29.6 Å². The lowest BCUT2D eigenvalue weighted by atomic mass is 10.2. The first-order valence-corrected chi connectivity index (χ1v) is 6.18. The summed E-state index contributed by atoms with van der Waals surface area (Å²) in [5, 5.41) is 3.93. The lowest BCUT2D eigenvalue weighted by molar-refractivity contribution is 1.11. The second-order valence-electron chi connectivity index (χ2n) is 3.74. The molecule has 0 radical (unpaired) electrons. The molecule has 3 nitrogen and oxygen atoms in total. The van der Waals surface area contributed by atoms with Gasteiger partial charge in [0.1, 0.15) is 10.8 Å². The molecule has 1 heterocycles. The first kappa shape index (κ1) is 12.8. The number of anilines is 1. The van der Waals surface area contributed by atoms with Gasteiger partial charge in [-0.05, 0) is 23.8 Å². The number of hydrogen-bond donors (Lipinski definition) is 2. The van der Waals surface area contributed by atoms with Gasteiger partial charge in [0.15, 0.2) is 0 Å². The third-order valence-electron chi connectivity index (χ3n) is 2.47. The molecule has 0 spiro atoms. The van der Waals surface area contributed by atoms with E-state index in [1.165, 1.54) is 0 Å². The van der Waals surface area contributed by atoms with Crippen molar-refractivity contribution in [2.75, 3.05) is 5.32 Å². The average molecular weight is 278 g/mol. The van der Waals surface area contributed by atoms with Gasteiger partial charge in [-0.3, -0.25) is 0 Å². The van der Waals surface area contributed by atoms with Crippen molar-refractivity contribution in [1.82, 2.24) is 4.98 Å². The zero-order valence-electron chi connectivity index (χ0n) is 9.56. The Bertz CT molecular complexity index is 554. The molecule has 5 heteroatoms. The number of pyridine rings is 1. The Kier molecular flexibility index (Phi) is 4.12. The first-order valence-electron chi connectivity index (χ1n) is 5.40. The highest BCUT2D eigenvalue weighted by atomic mass is 35.5. The van der Waals surface area contributed by atoms with Gasteiger partial charge in [0.2, 0.25) is 0 Å². The smallest absolute Gasteiger partial charge is 0.126 e. The topological polar surface area (TPSA) is 50.9 Å². The SMILES string of the molecule is NC(=S)c1ccc(NCc2ccccc2Cl)nc1. The van der Waals surface area contributed by atoms with Crippen molar-refractivity contribution >= 4 is 34.6 Å². The zero-order chi connectivity index (χ0) is 13.0. The van der Waals surface area contributed by atoms with E-state index in [0.717, 1.165) is 22.0 Å². The fourth-order valence-corrected chi connectivity index (χ4v) is 1.80. The van der Waals surface area contributed by atoms with Crippen LogP contribution in [-0.2, 0) is 6.54 Å². The monoisotopic (exact) mass is 277 g/mol. The molecule has 3 N–H and O–H groups in total. The van der Waals surface area contributed by atoms with Crippen LogP contribution in [0.3, 0.4) is 0 Å². The lowest BCUT2D eigenvalue weighted by Crippen LogP contribution is -2.10. The fourth-order valence-electron chi connectivity index (χ4n) is 1.47. The number of rotatable bonds is 4. The van der Waals surface area contributed by atoms with Crippen molar-refractivity contribution in [3.8, 4) is 0 Å². The first-order chi connectivity index (χ1) is 8.66.